The molecule has 128 valence electrons. The largest absolute Gasteiger partial charge is 0.338 e. The van der Waals surface area contributed by atoms with Crippen LogP contribution in [-0.2, 0) is 11.3 Å². The van der Waals surface area contributed by atoms with Crippen molar-refractivity contribution in [1.82, 2.24) is 20.4 Å². The molecule has 0 aliphatic carbocycles. The number of halogens is 1. The van der Waals surface area contributed by atoms with Gasteiger partial charge in [0.15, 0.2) is 0 Å². The van der Waals surface area contributed by atoms with Crippen LogP contribution < -0.4 is 16.0 Å². The summed E-state index contributed by atoms with van der Waals surface area (Å²) in [4.78, 5) is 23.5. The van der Waals surface area contributed by atoms with E-state index in [0.717, 1.165) is 28.7 Å². The standard InChI is InChI=1S/C16H20BrN5O2/c1-12-10-13(17)4-5-14(12)21-15(23)11-19-16(24)18-6-2-8-22-9-3-7-20-22/h3-5,7,9-10H,2,6,8,11H2,1H3,(H,21,23)(H2,18,19,24). The fourth-order valence-electron chi connectivity index (χ4n) is 2.06. The predicted octanol–water partition coefficient (Wildman–Crippen LogP) is 2.28. The molecule has 3 N–H and O–H groups in total. The zero-order valence-electron chi connectivity index (χ0n) is 13.4. The Kier molecular flexibility index (Phi) is 6.80. The number of amides is 3. The third-order valence-electron chi connectivity index (χ3n) is 3.28. The summed E-state index contributed by atoms with van der Waals surface area (Å²) < 4.78 is 2.75. The molecule has 0 aliphatic heterocycles. The Balaban J connectivity index is 1.63. The average molecular weight is 394 g/mol. The third kappa shape index (κ3) is 6.04. The van der Waals surface area contributed by atoms with E-state index in [1.807, 2.05) is 37.4 Å². The van der Waals surface area contributed by atoms with Gasteiger partial charge in [-0.3, -0.25) is 9.48 Å². The van der Waals surface area contributed by atoms with Crippen molar-refractivity contribution in [3.05, 3.63) is 46.7 Å². The molecule has 0 bridgehead atoms. The monoisotopic (exact) mass is 393 g/mol. The zero-order chi connectivity index (χ0) is 17.4. The Morgan fingerprint density at radius 3 is 2.83 bits per heavy atom. The second-order valence-corrected chi connectivity index (χ2v) is 6.16. The lowest BCUT2D eigenvalue weighted by molar-refractivity contribution is -0.115. The first kappa shape index (κ1) is 18.0. The first-order valence-corrected chi connectivity index (χ1v) is 8.39. The molecule has 0 aliphatic rings. The van der Waals surface area contributed by atoms with Crippen LogP contribution in [0.2, 0.25) is 0 Å². The highest BCUT2D eigenvalue weighted by atomic mass is 79.9. The molecule has 0 atom stereocenters. The van der Waals surface area contributed by atoms with E-state index in [4.69, 9.17) is 0 Å². The normalized spacial score (nSPS) is 10.2. The van der Waals surface area contributed by atoms with Gasteiger partial charge in [-0.15, -0.1) is 0 Å². The van der Waals surface area contributed by atoms with Gasteiger partial charge < -0.3 is 16.0 Å². The number of carbonyl (C=O) groups is 2. The molecule has 0 unspecified atom stereocenters. The summed E-state index contributed by atoms with van der Waals surface area (Å²) in [6, 6.07) is 7.06. The number of hydrogen-bond donors (Lipinski definition) is 3. The van der Waals surface area contributed by atoms with Crippen LogP contribution in [0.3, 0.4) is 0 Å². The van der Waals surface area contributed by atoms with Crippen molar-refractivity contribution < 1.29 is 9.59 Å². The van der Waals surface area contributed by atoms with Crippen molar-refractivity contribution in [1.29, 1.82) is 0 Å². The summed E-state index contributed by atoms with van der Waals surface area (Å²) in [7, 11) is 0. The molecule has 8 heteroatoms. The second-order valence-electron chi connectivity index (χ2n) is 5.24. The van der Waals surface area contributed by atoms with Gasteiger partial charge >= 0.3 is 6.03 Å². The third-order valence-corrected chi connectivity index (χ3v) is 3.77. The summed E-state index contributed by atoms with van der Waals surface area (Å²) in [6.45, 7) is 3.07. The molecule has 0 spiro atoms. The Morgan fingerprint density at radius 2 is 2.12 bits per heavy atom. The molecule has 1 aromatic heterocycles. The molecule has 0 saturated heterocycles. The second kappa shape index (κ2) is 9.07. The minimum atomic E-state index is -0.363. The summed E-state index contributed by atoms with van der Waals surface area (Å²) in [5.41, 5.74) is 1.67. The quantitative estimate of drug-likeness (QED) is 0.630. The number of carbonyl (C=O) groups excluding carboxylic acids is 2. The van der Waals surface area contributed by atoms with Crippen LogP contribution in [0.15, 0.2) is 41.1 Å². The number of anilines is 1. The fourth-order valence-corrected chi connectivity index (χ4v) is 2.54. The summed E-state index contributed by atoms with van der Waals surface area (Å²) >= 11 is 3.37. The van der Waals surface area contributed by atoms with Crippen molar-refractivity contribution in [3.8, 4) is 0 Å². The van der Waals surface area contributed by atoms with Crippen LogP contribution in [0.4, 0.5) is 10.5 Å². The van der Waals surface area contributed by atoms with Gasteiger partial charge in [0, 0.05) is 35.6 Å². The molecule has 1 aromatic carbocycles. The lowest BCUT2D eigenvalue weighted by Crippen LogP contribution is -2.40. The SMILES string of the molecule is Cc1cc(Br)ccc1NC(=O)CNC(=O)NCCCn1cccn1. The first-order valence-electron chi connectivity index (χ1n) is 7.60. The number of aryl methyl sites for hydroxylation is 2. The Labute approximate surface area is 148 Å². The molecule has 0 saturated carbocycles. The van der Waals surface area contributed by atoms with E-state index in [-0.39, 0.29) is 18.5 Å². The summed E-state index contributed by atoms with van der Waals surface area (Å²) in [5, 5.41) is 12.1. The highest BCUT2D eigenvalue weighted by molar-refractivity contribution is 9.10. The topological polar surface area (TPSA) is 88.0 Å². The molecule has 24 heavy (non-hydrogen) atoms. The number of urea groups is 1. The van der Waals surface area contributed by atoms with Gasteiger partial charge in [0.05, 0.1) is 6.54 Å². The summed E-state index contributed by atoms with van der Waals surface area (Å²) in [5.74, 6) is -0.271. The van der Waals surface area contributed by atoms with Crippen LogP contribution in [0, 0.1) is 6.92 Å². The number of nitrogens with zero attached hydrogens (tertiary/aromatic N) is 2. The molecule has 7 nitrogen and oxygen atoms in total. The van der Waals surface area contributed by atoms with Gasteiger partial charge in [0.25, 0.3) is 0 Å². The Bertz CT molecular complexity index is 688. The van der Waals surface area contributed by atoms with Gasteiger partial charge in [-0.25, -0.2) is 4.79 Å². The number of nitrogens with one attached hydrogen (secondary N) is 3. The van der Waals surface area contributed by atoms with Crippen LogP contribution >= 0.6 is 15.9 Å². The number of aromatic nitrogens is 2. The molecular formula is C16H20BrN5O2. The van der Waals surface area contributed by atoms with Crippen molar-refractivity contribution in [2.75, 3.05) is 18.4 Å². The molecule has 3 amide bonds. The molecular weight excluding hydrogens is 374 g/mol. The molecule has 0 fully saturated rings. The molecule has 2 rings (SSSR count). The lowest BCUT2D eigenvalue weighted by atomic mass is 10.2. The van der Waals surface area contributed by atoms with Crippen molar-refractivity contribution in [2.45, 2.75) is 19.9 Å². The first-order chi connectivity index (χ1) is 11.5. The fraction of sp³-hybridized carbons (Fsp3) is 0.312. The summed E-state index contributed by atoms with van der Waals surface area (Å²) in [6.07, 6.45) is 4.35. The molecule has 0 radical (unpaired) electrons. The number of rotatable bonds is 7. The highest BCUT2D eigenvalue weighted by Crippen LogP contribution is 2.19. The highest BCUT2D eigenvalue weighted by Gasteiger charge is 2.07. The minimum absolute atomic E-state index is 0.0828. The van der Waals surface area contributed by atoms with Gasteiger partial charge in [0.2, 0.25) is 5.91 Å². The van der Waals surface area contributed by atoms with Gasteiger partial charge in [-0.1, -0.05) is 15.9 Å². The maximum absolute atomic E-state index is 11.9. The van der Waals surface area contributed by atoms with Crippen molar-refractivity contribution >= 4 is 33.6 Å². The maximum Gasteiger partial charge on any atom is 0.315 e. The van der Waals surface area contributed by atoms with E-state index in [9.17, 15) is 9.59 Å². The number of benzene rings is 1. The number of hydrogen-bond acceptors (Lipinski definition) is 3. The Morgan fingerprint density at radius 1 is 1.29 bits per heavy atom. The van der Waals surface area contributed by atoms with E-state index >= 15 is 0 Å². The van der Waals surface area contributed by atoms with E-state index in [1.165, 1.54) is 0 Å². The van der Waals surface area contributed by atoms with Crippen LogP contribution in [-0.4, -0.2) is 34.8 Å². The van der Waals surface area contributed by atoms with Gasteiger partial charge in [-0.2, -0.15) is 5.10 Å². The zero-order valence-corrected chi connectivity index (χ0v) is 15.0. The van der Waals surface area contributed by atoms with Gasteiger partial charge in [-0.05, 0) is 43.2 Å². The van der Waals surface area contributed by atoms with E-state index in [1.54, 1.807) is 10.9 Å². The minimum Gasteiger partial charge on any atom is -0.338 e. The van der Waals surface area contributed by atoms with E-state index in [0.29, 0.717) is 6.54 Å². The van der Waals surface area contributed by atoms with Crippen LogP contribution in [0.1, 0.15) is 12.0 Å². The van der Waals surface area contributed by atoms with Crippen molar-refractivity contribution in [2.24, 2.45) is 0 Å². The van der Waals surface area contributed by atoms with Crippen LogP contribution in [0.25, 0.3) is 0 Å². The van der Waals surface area contributed by atoms with Crippen molar-refractivity contribution in [3.63, 3.8) is 0 Å². The van der Waals surface area contributed by atoms with Crippen LogP contribution in [0.5, 0.6) is 0 Å². The average Bonchev–Trinajstić information content (AvgIpc) is 3.06. The van der Waals surface area contributed by atoms with E-state index in [2.05, 4.69) is 37.0 Å². The Hall–Kier alpha value is -2.35. The smallest absolute Gasteiger partial charge is 0.315 e. The lowest BCUT2D eigenvalue weighted by Gasteiger charge is -2.10. The van der Waals surface area contributed by atoms with Gasteiger partial charge in [0.1, 0.15) is 0 Å². The molecule has 2 aromatic rings. The maximum atomic E-state index is 11.9. The predicted molar refractivity (Wildman–Crippen MR) is 95.8 cm³/mol. The molecule has 1 heterocycles. The van der Waals surface area contributed by atoms with E-state index < -0.39 is 0 Å².